The van der Waals surface area contributed by atoms with E-state index < -0.39 is 17.5 Å². The lowest BCUT2D eigenvalue weighted by Gasteiger charge is -2.20. The molecule has 7 heteroatoms. The van der Waals surface area contributed by atoms with Crippen LogP contribution in [0.2, 0.25) is 0 Å². The maximum atomic E-state index is 12.1. The lowest BCUT2D eigenvalue weighted by atomic mass is 9.99. The molecule has 0 aromatic heterocycles. The molecule has 0 saturated carbocycles. The first-order chi connectivity index (χ1) is 8.95. The van der Waals surface area contributed by atoms with Crippen molar-refractivity contribution in [1.29, 1.82) is 0 Å². The second-order valence-electron chi connectivity index (χ2n) is 3.73. The number of aliphatic hydroxyl groups is 1. The van der Waals surface area contributed by atoms with Gasteiger partial charge in [0, 0.05) is 6.07 Å². The summed E-state index contributed by atoms with van der Waals surface area (Å²) in [5.41, 5.74) is -0.112. The number of Topliss-reactive ketones (excluding diaryl/α,β-unsaturated/α-hetero) is 1. The van der Waals surface area contributed by atoms with E-state index in [9.17, 15) is 14.7 Å². The van der Waals surface area contributed by atoms with E-state index in [1.54, 1.807) is 0 Å². The van der Waals surface area contributed by atoms with Gasteiger partial charge in [0.15, 0.2) is 5.78 Å². The fraction of sp³-hybridized carbons (Fsp3) is 0.167. The molecule has 0 atom stereocenters. The number of hydrogen-bond donors (Lipinski definition) is 2. The van der Waals surface area contributed by atoms with Gasteiger partial charge in [-0.05, 0) is 22.0 Å². The van der Waals surface area contributed by atoms with Gasteiger partial charge in [0.25, 0.3) is 0 Å². The van der Waals surface area contributed by atoms with E-state index in [0.29, 0.717) is 10.2 Å². The zero-order valence-electron chi connectivity index (χ0n) is 9.77. The Morgan fingerprint density at radius 1 is 1.42 bits per heavy atom. The standard InChI is InChI=1S/C12H9BrO6/c1-18-9-3-8-5(2-7(9)13)10(14)6(4-19-8)11(15)12(16)17/h2-3,15H,4H2,1H3,(H,16,17). The summed E-state index contributed by atoms with van der Waals surface area (Å²) in [6, 6.07) is 2.98. The number of benzene rings is 1. The van der Waals surface area contributed by atoms with Crippen molar-refractivity contribution in [3.63, 3.8) is 0 Å². The Labute approximate surface area is 116 Å². The minimum atomic E-state index is -1.57. The van der Waals surface area contributed by atoms with E-state index in [0.717, 1.165) is 0 Å². The van der Waals surface area contributed by atoms with Crippen molar-refractivity contribution < 1.29 is 29.3 Å². The third-order valence-electron chi connectivity index (χ3n) is 2.63. The number of fused-ring (bicyclic) bond motifs is 1. The van der Waals surface area contributed by atoms with Crippen molar-refractivity contribution in [3.05, 3.63) is 33.5 Å². The largest absolute Gasteiger partial charge is 0.501 e. The van der Waals surface area contributed by atoms with Crippen LogP contribution in [0.1, 0.15) is 10.4 Å². The lowest BCUT2D eigenvalue weighted by molar-refractivity contribution is -0.135. The normalized spacial score (nSPS) is 16.4. The van der Waals surface area contributed by atoms with Crippen LogP contribution < -0.4 is 9.47 Å². The molecule has 2 rings (SSSR count). The summed E-state index contributed by atoms with van der Waals surface area (Å²) >= 11 is 3.22. The van der Waals surface area contributed by atoms with Crippen LogP contribution >= 0.6 is 15.9 Å². The maximum Gasteiger partial charge on any atom is 0.371 e. The molecule has 1 heterocycles. The van der Waals surface area contributed by atoms with Crippen molar-refractivity contribution in [2.75, 3.05) is 13.7 Å². The Balaban J connectivity index is 2.54. The van der Waals surface area contributed by atoms with Crippen LogP contribution in [-0.4, -0.2) is 35.7 Å². The molecule has 0 radical (unpaired) electrons. The predicted molar refractivity (Wildman–Crippen MR) is 67.8 cm³/mol. The summed E-state index contributed by atoms with van der Waals surface area (Å²) < 4.78 is 10.9. The van der Waals surface area contributed by atoms with E-state index in [-0.39, 0.29) is 23.5 Å². The first-order valence-corrected chi connectivity index (χ1v) is 5.95. The number of methoxy groups -OCH3 is 1. The van der Waals surface area contributed by atoms with Crippen LogP contribution in [0, 0.1) is 0 Å². The number of ketones is 1. The lowest BCUT2D eigenvalue weighted by Crippen LogP contribution is -2.23. The second kappa shape index (κ2) is 4.93. The zero-order chi connectivity index (χ0) is 14.2. The molecule has 6 nitrogen and oxygen atoms in total. The molecule has 0 spiro atoms. The van der Waals surface area contributed by atoms with Crippen LogP contribution in [0.25, 0.3) is 0 Å². The number of rotatable bonds is 2. The van der Waals surface area contributed by atoms with Crippen molar-refractivity contribution in [1.82, 2.24) is 0 Å². The minimum absolute atomic E-state index is 0.168. The molecule has 0 unspecified atom stereocenters. The minimum Gasteiger partial charge on any atom is -0.501 e. The molecule has 0 bridgehead atoms. The van der Waals surface area contributed by atoms with Crippen molar-refractivity contribution in [3.8, 4) is 11.5 Å². The Morgan fingerprint density at radius 3 is 2.68 bits per heavy atom. The number of ether oxygens (including phenoxy) is 2. The summed E-state index contributed by atoms with van der Waals surface area (Å²) in [5.74, 6) is -2.37. The number of hydrogen-bond acceptors (Lipinski definition) is 5. The molecule has 0 fully saturated rings. The van der Waals surface area contributed by atoms with Crippen molar-refractivity contribution in [2.45, 2.75) is 0 Å². The Kier molecular flexibility index (Phi) is 3.48. The Bertz CT molecular complexity index is 604. The van der Waals surface area contributed by atoms with E-state index in [4.69, 9.17) is 14.6 Å². The van der Waals surface area contributed by atoms with Gasteiger partial charge in [0.1, 0.15) is 18.1 Å². The van der Waals surface area contributed by atoms with Gasteiger partial charge in [-0.3, -0.25) is 4.79 Å². The molecule has 1 aromatic rings. The zero-order valence-corrected chi connectivity index (χ0v) is 11.4. The molecule has 19 heavy (non-hydrogen) atoms. The highest BCUT2D eigenvalue weighted by Gasteiger charge is 2.29. The number of aliphatic hydroxyl groups excluding tert-OH is 1. The molecule has 100 valence electrons. The fourth-order valence-electron chi connectivity index (χ4n) is 1.67. The average molecular weight is 329 g/mol. The highest BCUT2D eigenvalue weighted by molar-refractivity contribution is 9.10. The molecule has 0 saturated heterocycles. The molecule has 1 aliphatic rings. The highest BCUT2D eigenvalue weighted by atomic mass is 79.9. The summed E-state index contributed by atoms with van der Waals surface area (Å²) in [6.07, 6.45) is 0. The maximum absolute atomic E-state index is 12.1. The van der Waals surface area contributed by atoms with Gasteiger partial charge in [-0.15, -0.1) is 0 Å². The molecular formula is C12H9BrO6. The van der Waals surface area contributed by atoms with Crippen molar-refractivity contribution >= 4 is 27.7 Å². The van der Waals surface area contributed by atoms with Crippen LogP contribution in [0.3, 0.4) is 0 Å². The third kappa shape index (κ3) is 2.28. The molecule has 1 aliphatic heterocycles. The van der Waals surface area contributed by atoms with Gasteiger partial charge in [0.05, 0.1) is 22.7 Å². The second-order valence-corrected chi connectivity index (χ2v) is 4.59. The van der Waals surface area contributed by atoms with E-state index in [2.05, 4.69) is 15.9 Å². The van der Waals surface area contributed by atoms with Gasteiger partial charge < -0.3 is 19.7 Å². The van der Waals surface area contributed by atoms with Gasteiger partial charge in [-0.2, -0.15) is 0 Å². The van der Waals surface area contributed by atoms with Gasteiger partial charge in [-0.25, -0.2) is 4.79 Å². The smallest absolute Gasteiger partial charge is 0.371 e. The Morgan fingerprint density at radius 2 is 2.11 bits per heavy atom. The fourth-order valence-corrected chi connectivity index (χ4v) is 2.18. The number of carboxylic acid groups (broad SMARTS) is 1. The topological polar surface area (TPSA) is 93.1 Å². The quantitative estimate of drug-likeness (QED) is 0.636. The van der Waals surface area contributed by atoms with Gasteiger partial charge in [0.2, 0.25) is 5.76 Å². The first-order valence-electron chi connectivity index (χ1n) is 5.16. The number of carbonyl (C=O) groups excluding carboxylic acids is 1. The highest BCUT2D eigenvalue weighted by Crippen LogP contribution is 2.36. The summed E-state index contributed by atoms with van der Waals surface area (Å²) in [7, 11) is 1.47. The average Bonchev–Trinajstić information content (AvgIpc) is 2.38. The number of carbonyl (C=O) groups is 2. The van der Waals surface area contributed by atoms with E-state index in [1.165, 1.54) is 19.2 Å². The SMILES string of the molecule is COc1cc2c(cc1Br)C(=O)C(=C(O)C(=O)O)CO2. The molecule has 1 aromatic carbocycles. The molecule has 2 N–H and O–H groups in total. The van der Waals surface area contributed by atoms with E-state index >= 15 is 0 Å². The molecule has 0 amide bonds. The monoisotopic (exact) mass is 328 g/mol. The van der Waals surface area contributed by atoms with Gasteiger partial charge >= 0.3 is 5.97 Å². The summed E-state index contributed by atoms with van der Waals surface area (Å²) in [5, 5.41) is 18.1. The van der Waals surface area contributed by atoms with Crippen LogP contribution in [0.15, 0.2) is 27.9 Å². The first kappa shape index (κ1) is 13.4. The van der Waals surface area contributed by atoms with Crippen molar-refractivity contribution in [2.24, 2.45) is 0 Å². The number of halogens is 1. The number of carboxylic acids is 1. The van der Waals surface area contributed by atoms with Crippen LogP contribution in [-0.2, 0) is 4.79 Å². The van der Waals surface area contributed by atoms with Crippen LogP contribution in [0.4, 0.5) is 0 Å². The number of aliphatic carboxylic acids is 1. The summed E-state index contributed by atoms with van der Waals surface area (Å²) in [6.45, 7) is -0.297. The van der Waals surface area contributed by atoms with Gasteiger partial charge in [-0.1, -0.05) is 0 Å². The third-order valence-corrected chi connectivity index (χ3v) is 3.25. The summed E-state index contributed by atoms with van der Waals surface area (Å²) in [4.78, 5) is 22.8. The predicted octanol–water partition coefficient (Wildman–Crippen LogP) is 1.93. The van der Waals surface area contributed by atoms with Crippen LogP contribution in [0.5, 0.6) is 11.5 Å². The molecular weight excluding hydrogens is 320 g/mol. The molecule has 0 aliphatic carbocycles. The van der Waals surface area contributed by atoms with E-state index in [1.807, 2.05) is 0 Å². The Hall–Kier alpha value is -2.02.